The van der Waals surface area contributed by atoms with Crippen LogP contribution in [0.2, 0.25) is 0 Å². The van der Waals surface area contributed by atoms with Crippen molar-refractivity contribution in [1.82, 2.24) is 10.6 Å². The zero-order valence-electron chi connectivity index (χ0n) is 12.5. The average molecular weight is 359 g/mol. The Kier molecular flexibility index (Phi) is 6.22. The van der Waals surface area contributed by atoms with Crippen molar-refractivity contribution in [3.63, 3.8) is 0 Å². The summed E-state index contributed by atoms with van der Waals surface area (Å²) in [6.07, 6.45) is 4.32. The number of halogens is 1. The number of hydrogen-bond acceptors (Lipinski definition) is 1. The summed E-state index contributed by atoms with van der Waals surface area (Å²) in [5.41, 5.74) is 3.49. The van der Waals surface area contributed by atoms with Crippen molar-refractivity contribution in [3.05, 3.63) is 75.9 Å². The van der Waals surface area contributed by atoms with Gasteiger partial charge in [-0.25, -0.2) is 4.79 Å². The molecule has 2 amide bonds. The molecule has 0 aromatic heterocycles. The molecule has 0 saturated carbocycles. The van der Waals surface area contributed by atoms with Gasteiger partial charge in [-0.1, -0.05) is 57.9 Å². The van der Waals surface area contributed by atoms with E-state index in [1.807, 2.05) is 30.3 Å². The van der Waals surface area contributed by atoms with Crippen LogP contribution in [0.25, 0.3) is 6.08 Å². The predicted molar refractivity (Wildman–Crippen MR) is 94.6 cm³/mol. The average Bonchev–Trinajstić information content (AvgIpc) is 2.51. The van der Waals surface area contributed by atoms with Gasteiger partial charge in [-0.3, -0.25) is 0 Å². The van der Waals surface area contributed by atoms with Crippen LogP contribution < -0.4 is 10.6 Å². The molecule has 114 valence electrons. The quantitative estimate of drug-likeness (QED) is 0.823. The fourth-order valence-electron chi connectivity index (χ4n) is 1.91. The number of hydrogen-bond donors (Lipinski definition) is 2. The Balaban J connectivity index is 1.69. The Hall–Kier alpha value is -2.07. The van der Waals surface area contributed by atoms with E-state index in [1.54, 1.807) is 6.20 Å². The van der Waals surface area contributed by atoms with Crippen LogP contribution in [-0.4, -0.2) is 12.6 Å². The smallest absolute Gasteiger partial charge is 0.318 e. The summed E-state index contributed by atoms with van der Waals surface area (Å²) in [6, 6.07) is 16.0. The highest BCUT2D eigenvalue weighted by molar-refractivity contribution is 9.10. The third kappa shape index (κ3) is 5.74. The van der Waals surface area contributed by atoms with Gasteiger partial charge in [-0.15, -0.1) is 0 Å². The minimum Gasteiger partial charge on any atom is -0.338 e. The first-order valence-corrected chi connectivity index (χ1v) is 7.95. The highest BCUT2D eigenvalue weighted by atomic mass is 79.9. The van der Waals surface area contributed by atoms with E-state index in [0.29, 0.717) is 6.54 Å². The Labute approximate surface area is 139 Å². The lowest BCUT2D eigenvalue weighted by Crippen LogP contribution is -2.33. The highest BCUT2D eigenvalue weighted by Gasteiger charge is 1.97. The van der Waals surface area contributed by atoms with Crippen LogP contribution in [0.1, 0.15) is 16.7 Å². The van der Waals surface area contributed by atoms with Crippen LogP contribution in [0.3, 0.4) is 0 Å². The van der Waals surface area contributed by atoms with E-state index in [9.17, 15) is 4.79 Å². The number of carbonyl (C=O) groups is 1. The Morgan fingerprint density at radius 1 is 1.09 bits per heavy atom. The lowest BCUT2D eigenvalue weighted by Gasteiger charge is -2.05. The van der Waals surface area contributed by atoms with Gasteiger partial charge in [0, 0.05) is 17.2 Å². The van der Waals surface area contributed by atoms with Gasteiger partial charge in [0.1, 0.15) is 0 Å². The monoisotopic (exact) mass is 358 g/mol. The number of nitrogens with one attached hydrogen (secondary N) is 2. The molecule has 0 aliphatic carbocycles. The molecule has 0 aliphatic heterocycles. The number of amides is 2. The van der Waals surface area contributed by atoms with Crippen LogP contribution in [0, 0.1) is 6.92 Å². The minimum absolute atomic E-state index is 0.194. The van der Waals surface area contributed by atoms with Gasteiger partial charge in [0.15, 0.2) is 0 Å². The third-order valence-electron chi connectivity index (χ3n) is 3.18. The summed E-state index contributed by atoms with van der Waals surface area (Å²) in [5, 5.41) is 5.53. The van der Waals surface area contributed by atoms with Crippen LogP contribution in [0.15, 0.2) is 59.2 Å². The molecule has 0 unspecified atom stereocenters. The summed E-state index contributed by atoms with van der Waals surface area (Å²) in [4.78, 5) is 11.7. The first-order valence-electron chi connectivity index (χ1n) is 7.15. The number of rotatable bonds is 5. The SMILES string of the molecule is Cc1ccc(CCNC(=O)N/C=C/c2ccc(Br)cc2)cc1. The summed E-state index contributed by atoms with van der Waals surface area (Å²) >= 11 is 3.38. The van der Waals surface area contributed by atoms with Gasteiger partial charge in [-0.2, -0.15) is 0 Å². The highest BCUT2D eigenvalue weighted by Crippen LogP contribution is 2.11. The van der Waals surface area contributed by atoms with E-state index in [1.165, 1.54) is 11.1 Å². The second-order valence-electron chi connectivity index (χ2n) is 5.02. The van der Waals surface area contributed by atoms with E-state index < -0.39 is 0 Å². The van der Waals surface area contributed by atoms with Gasteiger partial charge >= 0.3 is 6.03 Å². The molecule has 0 fully saturated rings. The van der Waals surface area contributed by atoms with Crippen molar-refractivity contribution in [2.24, 2.45) is 0 Å². The molecular formula is C18H19BrN2O. The Morgan fingerprint density at radius 3 is 2.45 bits per heavy atom. The molecular weight excluding hydrogens is 340 g/mol. The molecule has 0 aliphatic rings. The van der Waals surface area contributed by atoms with Crippen molar-refractivity contribution in [3.8, 4) is 0 Å². The van der Waals surface area contributed by atoms with Gasteiger partial charge < -0.3 is 10.6 Å². The molecule has 0 radical (unpaired) electrons. The molecule has 0 heterocycles. The Bertz CT molecular complexity index is 633. The number of aryl methyl sites for hydroxylation is 1. The first kappa shape index (κ1) is 16.3. The summed E-state index contributed by atoms with van der Waals surface area (Å²) in [7, 11) is 0. The molecule has 3 nitrogen and oxygen atoms in total. The summed E-state index contributed by atoms with van der Waals surface area (Å²) in [5.74, 6) is 0. The molecule has 2 aromatic rings. The molecule has 0 atom stereocenters. The molecule has 0 spiro atoms. The summed E-state index contributed by atoms with van der Waals surface area (Å²) < 4.78 is 1.03. The van der Waals surface area contributed by atoms with E-state index in [0.717, 1.165) is 16.5 Å². The lowest BCUT2D eigenvalue weighted by molar-refractivity contribution is 0.244. The van der Waals surface area contributed by atoms with Crippen molar-refractivity contribution in [2.75, 3.05) is 6.54 Å². The Morgan fingerprint density at radius 2 is 1.77 bits per heavy atom. The maximum absolute atomic E-state index is 11.7. The van der Waals surface area contributed by atoms with Crippen LogP contribution in [0.5, 0.6) is 0 Å². The van der Waals surface area contributed by atoms with Gasteiger partial charge in [-0.05, 0) is 42.7 Å². The number of urea groups is 1. The van der Waals surface area contributed by atoms with Gasteiger partial charge in [0.25, 0.3) is 0 Å². The van der Waals surface area contributed by atoms with Crippen LogP contribution >= 0.6 is 15.9 Å². The fraction of sp³-hybridized carbons (Fsp3) is 0.167. The second kappa shape index (κ2) is 8.39. The molecule has 2 N–H and O–H groups in total. The normalized spacial score (nSPS) is 10.6. The van der Waals surface area contributed by atoms with Crippen LogP contribution in [0.4, 0.5) is 4.79 Å². The van der Waals surface area contributed by atoms with Crippen molar-refractivity contribution in [2.45, 2.75) is 13.3 Å². The van der Waals surface area contributed by atoms with Crippen molar-refractivity contribution >= 4 is 28.0 Å². The van der Waals surface area contributed by atoms with Crippen LogP contribution in [-0.2, 0) is 6.42 Å². The van der Waals surface area contributed by atoms with Crippen molar-refractivity contribution < 1.29 is 4.79 Å². The molecule has 4 heteroatoms. The number of carbonyl (C=O) groups excluding carboxylic acids is 1. The van der Waals surface area contributed by atoms with E-state index >= 15 is 0 Å². The zero-order chi connectivity index (χ0) is 15.8. The van der Waals surface area contributed by atoms with E-state index in [2.05, 4.69) is 57.8 Å². The fourth-order valence-corrected chi connectivity index (χ4v) is 2.18. The standard InChI is InChI=1S/C18H19BrN2O/c1-14-2-4-15(5-3-14)10-12-20-18(22)21-13-11-16-6-8-17(19)9-7-16/h2-9,11,13H,10,12H2,1H3,(H2,20,21,22)/b13-11+. The number of benzene rings is 2. The molecule has 0 saturated heterocycles. The maximum atomic E-state index is 11.7. The topological polar surface area (TPSA) is 41.1 Å². The van der Waals surface area contributed by atoms with E-state index in [4.69, 9.17) is 0 Å². The second-order valence-corrected chi connectivity index (χ2v) is 5.94. The molecule has 0 bridgehead atoms. The maximum Gasteiger partial charge on any atom is 0.318 e. The zero-order valence-corrected chi connectivity index (χ0v) is 14.1. The van der Waals surface area contributed by atoms with Crippen molar-refractivity contribution in [1.29, 1.82) is 0 Å². The lowest BCUT2D eigenvalue weighted by atomic mass is 10.1. The molecule has 22 heavy (non-hydrogen) atoms. The third-order valence-corrected chi connectivity index (χ3v) is 3.71. The van der Waals surface area contributed by atoms with Gasteiger partial charge in [0.05, 0.1) is 0 Å². The van der Waals surface area contributed by atoms with Gasteiger partial charge in [0.2, 0.25) is 0 Å². The largest absolute Gasteiger partial charge is 0.338 e. The molecule has 2 aromatic carbocycles. The van der Waals surface area contributed by atoms with E-state index in [-0.39, 0.29) is 6.03 Å². The summed E-state index contributed by atoms with van der Waals surface area (Å²) in [6.45, 7) is 2.67. The predicted octanol–water partition coefficient (Wildman–Crippen LogP) is 4.27. The molecule has 2 rings (SSSR count). The first-order chi connectivity index (χ1) is 10.6. The minimum atomic E-state index is -0.194.